The molecule has 2 aliphatic rings. The summed E-state index contributed by atoms with van der Waals surface area (Å²) < 4.78 is 22.8. The molecule has 10 heteroatoms. The maximum atomic E-state index is 12.4. The maximum absolute atomic E-state index is 12.4. The van der Waals surface area contributed by atoms with E-state index in [4.69, 9.17) is 11.6 Å². The number of hydrogen-bond donors (Lipinski definition) is 1. The van der Waals surface area contributed by atoms with Crippen LogP contribution in [0.1, 0.15) is 18.4 Å². The molecule has 144 valence electrons. The van der Waals surface area contributed by atoms with Crippen molar-refractivity contribution in [2.75, 3.05) is 18.1 Å². The molecule has 1 aromatic carbocycles. The van der Waals surface area contributed by atoms with Crippen LogP contribution in [0.25, 0.3) is 6.08 Å². The highest BCUT2D eigenvalue weighted by molar-refractivity contribution is 8.18. The van der Waals surface area contributed by atoms with Crippen LogP contribution in [0.15, 0.2) is 29.2 Å². The average Bonchev–Trinajstić information content (AvgIpc) is 3.05. The van der Waals surface area contributed by atoms with Crippen molar-refractivity contribution in [3.63, 3.8) is 0 Å². The molecular weight excluding hydrogens is 412 g/mol. The standard InChI is InChI=1S/C17H17ClN2O5S2/c18-12-3-1-2-11(8-12)9-14-16(22)20(17(23)26-14)6-4-15(21)19-13-5-7-27(24,25)10-13/h1-3,8-9,13H,4-7,10H2,(H,19,21)/b14-9+/t13-/m0/s1. The van der Waals surface area contributed by atoms with E-state index in [0.29, 0.717) is 17.0 Å². The van der Waals surface area contributed by atoms with Crippen molar-refractivity contribution in [1.29, 1.82) is 0 Å². The molecule has 27 heavy (non-hydrogen) atoms. The molecule has 0 aromatic heterocycles. The molecule has 3 rings (SSSR count). The molecule has 1 atom stereocenters. The first-order valence-corrected chi connectivity index (χ1v) is 11.3. The van der Waals surface area contributed by atoms with Gasteiger partial charge in [-0.1, -0.05) is 23.7 Å². The van der Waals surface area contributed by atoms with Crippen LogP contribution in [0.2, 0.25) is 5.02 Å². The number of halogens is 1. The molecule has 1 N–H and O–H groups in total. The largest absolute Gasteiger partial charge is 0.352 e. The minimum Gasteiger partial charge on any atom is -0.352 e. The second-order valence-corrected chi connectivity index (χ2v) is 9.96. The summed E-state index contributed by atoms with van der Waals surface area (Å²) in [4.78, 5) is 37.8. The van der Waals surface area contributed by atoms with Crippen molar-refractivity contribution in [2.24, 2.45) is 0 Å². The van der Waals surface area contributed by atoms with Crippen LogP contribution in [0.3, 0.4) is 0 Å². The third kappa shape index (κ3) is 5.12. The molecular formula is C17H17ClN2O5S2. The minimum absolute atomic E-state index is 0.0527. The summed E-state index contributed by atoms with van der Waals surface area (Å²) in [5.74, 6) is -0.839. The average molecular weight is 429 g/mol. The Bertz CT molecular complexity index is 929. The molecule has 0 aliphatic carbocycles. The van der Waals surface area contributed by atoms with Crippen LogP contribution >= 0.6 is 23.4 Å². The lowest BCUT2D eigenvalue weighted by Gasteiger charge is -2.14. The minimum atomic E-state index is -3.08. The second-order valence-electron chi connectivity index (χ2n) is 6.31. The van der Waals surface area contributed by atoms with Gasteiger partial charge in [-0.2, -0.15) is 0 Å². The fourth-order valence-electron chi connectivity index (χ4n) is 2.86. The van der Waals surface area contributed by atoms with Crippen molar-refractivity contribution in [2.45, 2.75) is 18.9 Å². The summed E-state index contributed by atoms with van der Waals surface area (Å²) in [5, 5.41) is 2.72. The number of hydrogen-bond acceptors (Lipinski definition) is 6. The number of sulfone groups is 1. The monoisotopic (exact) mass is 428 g/mol. The zero-order valence-electron chi connectivity index (χ0n) is 14.2. The maximum Gasteiger partial charge on any atom is 0.293 e. The first kappa shape index (κ1) is 19.9. The number of rotatable bonds is 5. The fraction of sp³-hybridized carbons (Fsp3) is 0.353. The molecule has 2 fully saturated rings. The van der Waals surface area contributed by atoms with E-state index < -0.39 is 27.0 Å². The number of carbonyl (C=O) groups excluding carboxylic acids is 3. The lowest BCUT2D eigenvalue weighted by atomic mass is 10.2. The molecule has 2 saturated heterocycles. The van der Waals surface area contributed by atoms with Crippen LogP contribution < -0.4 is 5.32 Å². The van der Waals surface area contributed by atoms with E-state index in [9.17, 15) is 22.8 Å². The third-order valence-corrected chi connectivity index (χ3v) is 7.09. The Morgan fingerprint density at radius 2 is 2.15 bits per heavy atom. The van der Waals surface area contributed by atoms with E-state index in [2.05, 4.69) is 5.32 Å². The predicted molar refractivity (Wildman–Crippen MR) is 104 cm³/mol. The summed E-state index contributed by atoms with van der Waals surface area (Å²) in [7, 11) is -3.08. The van der Waals surface area contributed by atoms with E-state index in [-0.39, 0.29) is 35.3 Å². The number of amides is 3. The number of carbonyl (C=O) groups is 3. The summed E-state index contributed by atoms with van der Waals surface area (Å²) >= 11 is 6.73. The predicted octanol–water partition coefficient (Wildman–Crippen LogP) is 2.07. The Kier molecular flexibility index (Phi) is 5.92. The Morgan fingerprint density at radius 3 is 2.81 bits per heavy atom. The number of imide groups is 1. The number of nitrogens with zero attached hydrogens (tertiary/aromatic N) is 1. The van der Waals surface area contributed by atoms with E-state index >= 15 is 0 Å². The van der Waals surface area contributed by atoms with Crippen molar-refractivity contribution in [3.05, 3.63) is 39.8 Å². The van der Waals surface area contributed by atoms with Gasteiger partial charge in [0.05, 0.1) is 16.4 Å². The van der Waals surface area contributed by atoms with Crippen LogP contribution in [-0.4, -0.2) is 54.5 Å². The molecule has 1 aromatic rings. The Balaban J connectivity index is 1.57. The van der Waals surface area contributed by atoms with Crippen LogP contribution in [0.5, 0.6) is 0 Å². The van der Waals surface area contributed by atoms with Crippen LogP contribution in [0.4, 0.5) is 4.79 Å². The highest BCUT2D eigenvalue weighted by atomic mass is 35.5. The lowest BCUT2D eigenvalue weighted by Crippen LogP contribution is -2.38. The van der Waals surface area contributed by atoms with Gasteiger partial charge in [0.15, 0.2) is 9.84 Å². The van der Waals surface area contributed by atoms with E-state index in [1.807, 2.05) is 0 Å². The van der Waals surface area contributed by atoms with Gasteiger partial charge in [-0.25, -0.2) is 8.42 Å². The molecule has 7 nitrogen and oxygen atoms in total. The SMILES string of the molecule is O=C(CCN1C(=O)S/C(=C/c2cccc(Cl)c2)C1=O)N[C@H]1CCS(=O)(=O)C1. The number of benzene rings is 1. The molecule has 0 bridgehead atoms. The highest BCUT2D eigenvalue weighted by Gasteiger charge is 2.35. The number of nitrogens with one attached hydrogen (secondary N) is 1. The molecule has 0 radical (unpaired) electrons. The zero-order chi connectivity index (χ0) is 19.6. The van der Waals surface area contributed by atoms with Crippen LogP contribution in [0, 0.1) is 0 Å². The van der Waals surface area contributed by atoms with Gasteiger partial charge < -0.3 is 5.32 Å². The molecule has 2 aliphatic heterocycles. The lowest BCUT2D eigenvalue weighted by molar-refractivity contribution is -0.124. The topological polar surface area (TPSA) is 101 Å². The Hall–Kier alpha value is -1.84. The van der Waals surface area contributed by atoms with E-state index in [1.165, 1.54) is 0 Å². The third-order valence-electron chi connectivity index (χ3n) is 4.18. The van der Waals surface area contributed by atoms with Crippen molar-refractivity contribution < 1.29 is 22.8 Å². The van der Waals surface area contributed by atoms with Crippen molar-refractivity contribution in [3.8, 4) is 0 Å². The second kappa shape index (κ2) is 8.04. The van der Waals surface area contributed by atoms with Gasteiger partial charge in [-0.3, -0.25) is 19.3 Å². The van der Waals surface area contributed by atoms with E-state index in [1.54, 1.807) is 30.3 Å². The van der Waals surface area contributed by atoms with E-state index in [0.717, 1.165) is 16.7 Å². The van der Waals surface area contributed by atoms with Gasteiger partial charge in [0, 0.05) is 24.0 Å². The first-order valence-electron chi connectivity index (χ1n) is 8.24. The highest BCUT2D eigenvalue weighted by Crippen LogP contribution is 2.32. The zero-order valence-corrected chi connectivity index (χ0v) is 16.6. The summed E-state index contributed by atoms with van der Waals surface area (Å²) in [6.07, 6.45) is 1.90. The number of thioether (sulfide) groups is 1. The first-order chi connectivity index (χ1) is 12.7. The normalized spacial score (nSPS) is 23.2. The quantitative estimate of drug-likeness (QED) is 0.720. The molecule has 0 saturated carbocycles. The smallest absolute Gasteiger partial charge is 0.293 e. The van der Waals surface area contributed by atoms with Crippen molar-refractivity contribution >= 4 is 56.3 Å². The fourth-order valence-corrected chi connectivity index (χ4v) is 5.60. The molecule has 3 amide bonds. The molecule has 0 spiro atoms. The molecule has 2 heterocycles. The van der Waals surface area contributed by atoms with Crippen LogP contribution in [-0.2, 0) is 19.4 Å². The van der Waals surface area contributed by atoms with Gasteiger partial charge in [-0.05, 0) is 42.0 Å². The van der Waals surface area contributed by atoms with Gasteiger partial charge in [0.25, 0.3) is 11.1 Å². The Morgan fingerprint density at radius 1 is 1.37 bits per heavy atom. The Labute approximate surface area is 166 Å². The molecule has 0 unspecified atom stereocenters. The van der Waals surface area contributed by atoms with Gasteiger partial charge >= 0.3 is 0 Å². The summed E-state index contributed by atoms with van der Waals surface area (Å²) in [6, 6.07) is 6.49. The van der Waals surface area contributed by atoms with Gasteiger partial charge in [0.2, 0.25) is 5.91 Å². The van der Waals surface area contributed by atoms with Gasteiger partial charge in [0.1, 0.15) is 0 Å². The van der Waals surface area contributed by atoms with Crippen molar-refractivity contribution in [1.82, 2.24) is 10.2 Å². The summed E-state index contributed by atoms with van der Waals surface area (Å²) in [6.45, 7) is -0.0527. The summed E-state index contributed by atoms with van der Waals surface area (Å²) in [5.41, 5.74) is 0.702. The van der Waals surface area contributed by atoms with Gasteiger partial charge in [-0.15, -0.1) is 0 Å².